The number of carbonyl (C=O) groups excluding carboxylic acids is 2. The van der Waals surface area contributed by atoms with Crippen molar-refractivity contribution in [2.45, 2.75) is 58.3 Å². The Hall–Kier alpha value is -1.10. The number of nitrogens with one attached hydrogen (secondary N) is 3. The molecule has 0 spiro atoms. The van der Waals surface area contributed by atoms with Crippen molar-refractivity contribution in [1.29, 1.82) is 0 Å². The fourth-order valence-electron chi connectivity index (χ4n) is 3.49. The molecule has 1 saturated carbocycles. The SMILES string of the molecule is CC1(CNC(=O)CNC(=O)CC2CCCCC2)CCNCC1. The Bertz CT molecular complexity index is 372. The summed E-state index contributed by atoms with van der Waals surface area (Å²) in [5.41, 5.74) is 0.188. The molecule has 3 N–H and O–H groups in total. The smallest absolute Gasteiger partial charge is 0.239 e. The summed E-state index contributed by atoms with van der Waals surface area (Å²) >= 11 is 0. The topological polar surface area (TPSA) is 70.2 Å². The predicted octanol–water partition coefficient (Wildman–Crippen LogP) is 1.58. The summed E-state index contributed by atoms with van der Waals surface area (Å²) in [5.74, 6) is 0.470. The normalized spacial score (nSPS) is 22.0. The molecule has 2 fully saturated rings. The Morgan fingerprint density at radius 1 is 1.05 bits per heavy atom. The summed E-state index contributed by atoms with van der Waals surface area (Å²) < 4.78 is 0. The first-order valence-corrected chi connectivity index (χ1v) is 8.81. The third-order valence-corrected chi connectivity index (χ3v) is 5.17. The first-order valence-electron chi connectivity index (χ1n) is 8.81. The second kappa shape index (κ2) is 8.51. The zero-order valence-electron chi connectivity index (χ0n) is 13.9. The van der Waals surface area contributed by atoms with E-state index in [0.717, 1.165) is 38.8 Å². The van der Waals surface area contributed by atoms with Gasteiger partial charge in [0.15, 0.2) is 0 Å². The van der Waals surface area contributed by atoms with Gasteiger partial charge in [-0.15, -0.1) is 0 Å². The highest BCUT2D eigenvalue weighted by molar-refractivity contribution is 5.84. The highest BCUT2D eigenvalue weighted by atomic mass is 16.2. The van der Waals surface area contributed by atoms with E-state index >= 15 is 0 Å². The minimum Gasteiger partial charge on any atom is -0.354 e. The summed E-state index contributed by atoms with van der Waals surface area (Å²) in [6, 6.07) is 0. The molecule has 0 aromatic carbocycles. The van der Waals surface area contributed by atoms with Crippen LogP contribution in [-0.2, 0) is 9.59 Å². The van der Waals surface area contributed by atoms with Crippen molar-refractivity contribution in [3.63, 3.8) is 0 Å². The Labute approximate surface area is 134 Å². The van der Waals surface area contributed by atoms with Gasteiger partial charge in [0.2, 0.25) is 11.8 Å². The molecular weight excluding hydrogens is 278 g/mol. The number of hydrogen-bond donors (Lipinski definition) is 3. The lowest BCUT2D eigenvalue weighted by Gasteiger charge is -2.34. The number of rotatable bonds is 6. The second-order valence-electron chi connectivity index (χ2n) is 7.32. The van der Waals surface area contributed by atoms with Crippen molar-refractivity contribution < 1.29 is 9.59 Å². The quantitative estimate of drug-likeness (QED) is 0.697. The van der Waals surface area contributed by atoms with Crippen molar-refractivity contribution >= 4 is 11.8 Å². The standard InChI is InChI=1S/C17H31N3O2/c1-17(7-9-18-10-8-17)13-20-16(22)12-19-15(21)11-14-5-3-2-4-6-14/h14,18H,2-13H2,1H3,(H,19,21)(H,20,22). The molecule has 0 unspecified atom stereocenters. The van der Waals surface area contributed by atoms with E-state index in [1.165, 1.54) is 19.3 Å². The van der Waals surface area contributed by atoms with Crippen molar-refractivity contribution in [3.8, 4) is 0 Å². The average molecular weight is 309 g/mol. The molecule has 5 nitrogen and oxygen atoms in total. The molecule has 0 aromatic rings. The summed E-state index contributed by atoms with van der Waals surface area (Å²) in [5, 5.41) is 9.07. The maximum Gasteiger partial charge on any atom is 0.239 e. The fraction of sp³-hybridized carbons (Fsp3) is 0.882. The summed E-state index contributed by atoms with van der Waals surface area (Å²) in [4.78, 5) is 23.8. The van der Waals surface area contributed by atoms with Gasteiger partial charge in [-0.05, 0) is 50.1 Å². The highest BCUT2D eigenvalue weighted by Crippen LogP contribution is 2.27. The van der Waals surface area contributed by atoms with E-state index in [0.29, 0.717) is 18.9 Å². The van der Waals surface area contributed by atoms with Gasteiger partial charge in [0.05, 0.1) is 6.54 Å². The third kappa shape index (κ3) is 5.95. The molecule has 1 heterocycles. The second-order valence-corrected chi connectivity index (χ2v) is 7.32. The van der Waals surface area contributed by atoms with E-state index in [1.807, 2.05) is 0 Å². The van der Waals surface area contributed by atoms with Crippen molar-refractivity contribution in [3.05, 3.63) is 0 Å². The van der Waals surface area contributed by atoms with Crippen LogP contribution in [0.5, 0.6) is 0 Å². The molecule has 0 bridgehead atoms. The molecule has 126 valence electrons. The zero-order valence-corrected chi connectivity index (χ0v) is 13.9. The third-order valence-electron chi connectivity index (χ3n) is 5.17. The lowest BCUT2D eigenvalue weighted by atomic mass is 9.81. The van der Waals surface area contributed by atoms with Gasteiger partial charge in [-0.25, -0.2) is 0 Å². The molecule has 2 rings (SSSR count). The van der Waals surface area contributed by atoms with E-state index < -0.39 is 0 Å². The van der Waals surface area contributed by atoms with Gasteiger partial charge in [0, 0.05) is 13.0 Å². The van der Waals surface area contributed by atoms with E-state index in [9.17, 15) is 9.59 Å². The van der Waals surface area contributed by atoms with Gasteiger partial charge in [-0.1, -0.05) is 26.2 Å². The molecular formula is C17H31N3O2. The van der Waals surface area contributed by atoms with Crippen LogP contribution < -0.4 is 16.0 Å². The molecule has 1 aliphatic carbocycles. The Balaban J connectivity index is 1.59. The maximum absolute atomic E-state index is 11.9. The van der Waals surface area contributed by atoms with Crippen molar-refractivity contribution in [1.82, 2.24) is 16.0 Å². The summed E-state index contributed by atoms with van der Waals surface area (Å²) in [6.45, 7) is 5.07. The van der Waals surface area contributed by atoms with Gasteiger partial charge in [-0.2, -0.15) is 0 Å². The zero-order chi connectivity index (χ0) is 15.8. The Morgan fingerprint density at radius 3 is 2.41 bits per heavy atom. The number of piperidine rings is 1. The van der Waals surface area contributed by atoms with E-state index in [4.69, 9.17) is 0 Å². The average Bonchev–Trinajstić information content (AvgIpc) is 2.53. The van der Waals surface area contributed by atoms with Crippen LogP contribution in [0.3, 0.4) is 0 Å². The highest BCUT2D eigenvalue weighted by Gasteiger charge is 2.27. The van der Waals surface area contributed by atoms with Crippen molar-refractivity contribution in [2.75, 3.05) is 26.2 Å². The van der Waals surface area contributed by atoms with Crippen LogP contribution in [0.25, 0.3) is 0 Å². The van der Waals surface area contributed by atoms with Gasteiger partial charge in [-0.3, -0.25) is 9.59 Å². The van der Waals surface area contributed by atoms with E-state index in [2.05, 4.69) is 22.9 Å². The predicted molar refractivity (Wildman–Crippen MR) is 87.4 cm³/mol. The van der Waals surface area contributed by atoms with Crippen molar-refractivity contribution in [2.24, 2.45) is 11.3 Å². The molecule has 1 saturated heterocycles. The number of hydrogen-bond acceptors (Lipinski definition) is 3. The largest absolute Gasteiger partial charge is 0.354 e. The molecule has 0 radical (unpaired) electrons. The fourth-order valence-corrected chi connectivity index (χ4v) is 3.49. The van der Waals surface area contributed by atoms with Crippen LogP contribution >= 0.6 is 0 Å². The molecule has 0 atom stereocenters. The molecule has 5 heteroatoms. The van der Waals surface area contributed by atoms with E-state index in [-0.39, 0.29) is 23.8 Å². The van der Waals surface area contributed by atoms with E-state index in [1.54, 1.807) is 0 Å². The Morgan fingerprint density at radius 2 is 1.73 bits per heavy atom. The molecule has 22 heavy (non-hydrogen) atoms. The monoisotopic (exact) mass is 309 g/mol. The number of carbonyl (C=O) groups is 2. The van der Waals surface area contributed by atoms with Crippen LogP contribution in [0, 0.1) is 11.3 Å². The lowest BCUT2D eigenvalue weighted by Crippen LogP contribution is -2.45. The molecule has 0 aromatic heterocycles. The van der Waals surface area contributed by atoms with Crippen LogP contribution in [0.4, 0.5) is 0 Å². The maximum atomic E-state index is 11.9. The summed E-state index contributed by atoms with van der Waals surface area (Å²) in [6.07, 6.45) is 8.85. The van der Waals surface area contributed by atoms with Gasteiger partial charge < -0.3 is 16.0 Å². The minimum atomic E-state index is -0.0725. The van der Waals surface area contributed by atoms with Gasteiger partial charge >= 0.3 is 0 Å². The first-order chi connectivity index (χ1) is 10.6. The Kier molecular flexibility index (Phi) is 6.68. The minimum absolute atomic E-state index is 0.0233. The first kappa shape index (κ1) is 17.3. The molecule has 1 aliphatic heterocycles. The van der Waals surface area contributed by atoms with Crippen LogP contribution in [0.2, 0.25) is 0 Å². The lowest BCUT2D eigenvalue weighted by molar-refractivity contribution is -0.127. The van der Waals surface area contributed by atoms with Crippen LogP contribution in [0.1, 0.15) is 58.3 Å². The summed E-state index contributed by atoms with van der Waals surface area (Å²) in [7, 11) is 0. The van der Waals surface area contributed by atoms with Crippen LogP contribution in [-0.4, -0.2) is 38.0 Å². The number of amides is 2. The van der Waals surface area contributed by atoms with Gasteiger partial charge in [0.1, 0.15) is 0 Å². The molecule has 2 aliphatic rings. The molecule has 2 amide bonds. The van der Waals surface area contributed by atoms with Gasteiger partial charge in [0.25, 0.3) is 0 Å². The van der Waals surface area contributed by atoms with Crippen LogP contribution in [0.15, 0.2) is 0 Å².